The molecule has 0 radical (unpaired) electrons. The van der Waals surface area contributed by atoms with Gasteiger partial charge in [-0.3, -0.25) is 0 Å². The van der Waals surface area contributed by atoms with E-state index in [2.05, 4.69) is 13.5 Å². The van der Waals surface area contributed by atoms with Crippen molar-refractivity contribution in [1.82, 2.24) is 0 Å². The lowest BCUT2D eigenvalue weighted by Gasteiger charge is -2.14. The predicted molar refractivity (Wildman–Crippen MR) is 62.9 cm³/mol. The second-order valence-corrected chi connectivity index (χ2v) is 3.33. The molecular weight excluding hydrogens is 188 g/mol. The SMILES string of the molecule is C=Cc1ccc(OC(C)OCCC)cc1. The van der Waals surface area contributed by atoms with Crippen LogP contribution < -0.4 is 4.74 Å². The highest BCUT2D eigenvalue weighted by atomic mass is 16.7. The van der Waals surface area contributed by atoms with Gasteiger partial charge in [0.1, 0.15) is 5.75 Å². The summed E-state index contributed by atoms with van der Waals surface area (Å²) < 4.78 is 11.0. The van der Waals surface area contributed by atoms with Crippen LogP contribution in [0.3, 0.4) is 0 Å². The smallest absolute Gasteiger partial charge is 0.196 e. The molecule has 0 amide bonds. The minimum Gasteiger partial charge on any atom is -0.465 e. The van der Waals surface area contributed by atoms with E-state index in [1.165, 1.54) is 0 Å². The molecule has 0 spiro atoms. The lowest BCUT2D eigenvalue weighted by Crippen LogP contribution is -2.16. The second-order valence-electron chi connectivity index (χ2n) is 3.33. The normalized spacial score (nSPS) is 12.1. The van der Waals surface area contributed by atoms with Crippen LogP contribution in [0.15, 0.2) is 30.8 Å². The van der Waals surface area contributed by atoms with E-state index in [4.69, 9.17) is 9.47 Å². The van der Waals surface area contributed by atoms with Crippen LogP contribution in [-0.2, 0) is 4.74 Å². The maximum absolute atomic E-state index is 5.56. The lowest BCUT2D eigenvalue weighted by molar-refractivity contribution is -0.0662. The summed E-state index contributed by atoms with van der Waals surface area (Å²) in [7, 11) is 0. The Bertz CT molecular complexity index is 290. The van der Waals surface area contributed by atoms with Gasteiger partial charge in [-0.2, -0.15) is 0 Å². The molecule has 0 bridgehead atoms. The second kappa shape index (κ2) is 6.25. The van der Waals surface area contributed by atoms with Crippen LogP contribution in [0, 0.1) is 0 Å². The summed E-state index contributed by atoms with van der Waals surface area (Å²) in [4.78, 5) is 0. The van der Waals surface area contributed by atoms with Crippen LogP contribution in [0.1, 0.15) is 25.8 Å². The molecule has 0 heterocycles. The van der Waals surface area contributed by atoms with Gasteiger partial charge in [0.05, 0.1) is 6.61 Å². The third-order valence-corrected chi connectivity index (χ3v) is 1.97. The minimum absolute atomic E-state index is 0.195. The topological polar surface area (TPSA) is 18.5 Å². The van der Waals surface area contributed by atoms with Crippen LogP contribution >= 0.6 is 0 Å². The van der Waals surface area contributed by atoms with E-state index in [0.29, 0.717) is 0 Å². The van der Waals surface area contributed by atoms with Gasteiger partial charge in [0, 0.05) is 0 Å². The largest absolute Gasteiger partial charge is 0.465 e. The number of hydrogen-bond acceptors (Lipinski definition) is 2. The van der Waals surface area contributed by atoms with Gasteiger partial charge in [0.25, 0.3) is 0 Å². The first kappa shape index (κ1) is 11.8. The van der Waals surface area contributed by atoms with E-state index in [0.717, 1.165) is 24.3 Å². The first-order chi connectivity index (χ1) is 7.26. The van der Waals surface area contributed by atoms with Crippen molar-refractivity contribution in [3.05, 3.63) is 36.4 Å². The zero-order chi connectivity index (χ0) is 11.1. The summed E-state index contributed by atoms with van der Waals surface area (Å²) in [6, 6.07) is 7.77. The molecule has 0 saturated heterocycles. The molecule has 2 nitrogen and oxygen atoms in total. The molecule has 82 valence electrons. The van der Waals surface area contributed by atoms with Crippen molar-refractivity contribution in [2.75, 3.05) is 6.61 Å². The monoisotopic (exact) mass is 206 g/mol. The lowest BCUT2D eigenvalue weighted by atomic mass is 10.2. The highest BCUT2D eigenvalue weighted by Crippen LogP contribution is 2.14. The van der Waals surface area contributed by atoms with E-state index in [1.807, 2.05) is 31.2 Å². The number of hydrogen-bond donors (Lipinski definition) is 0. The minimum atomic E-state index is -0.195. The summed E-state index contributed by atoms with van der Waals surface area (Å²) >= 11 is 0. The quantitative estimate of drug-likeness (QED) is 0.663. The van der Waals surface area contributed by atoms with Crippen molar-refractivity contribution in [3.63, 3.8) is 0 Å². The molecule has 0 saturated carbocycles. The van der Waals surface area contributed by atoms with Crippen molar-refractivity contribution in [3.8, 4) is 5.75 Å². The first-order valence-corrected chi connectivity index (χ1v) is 5.27. The third-order valence-electron chi connectivity index (χ3n) is 1.97. The van der Waals surface area contributed by atoms with Gasteiger partial charge in [-0.15, -0.1) is 0 Å². The van der Waals surface area contributed by atoms with Crippen LogP contribution in [0.2, 0.25) is 0 Å². The molecular formula is C13H18O2. The maximum Gasteiger partial charge on any atom is 0.196 e. The predicted octanol–water partition coefficient (Wildman–Crippen LogP) is 3.48. The summed E-state index contributed by atoms with van der Waals surface area (Å²) in [5.74, 6) is 0.823. The number of benzene rings is 1. The Morgan fingerprint density at radius 3 is 2.53 bits per heavy atom. The molecule has 1 atom stereocenters. The first-order valence-electron chi connectivity index (χ1n) is 5.27. The van der Waals surface area contributed by atoms with Crippen molar-refractivity contribution in [2.24, 2.45) is 0 Å². The molecule has 0 fully saturated rings. The molecule has 0 aliphatic heterocycles. The van der Waals surface area contributed by atoms with Crippen LogP contribution in [-0.4, -0.2) is 12.9 Å². The number of ether oxygens (including phenoxy) is 2. The van der Waals surface area contributed by atoms with Gasteiger partial charge in [0.2, 0.25) is 0 Å². The zero-order valence-corrected chi connectivity index (χ0v) is 9.40. The van der Waals surface area contributed by atoms with Gasteiger partial charge < -0.3 is 9.47 Å². The molecule has 2 heteroatoms. The van der Waals surface area contributed by atoms with E-state index in [-0.39, 0.29) is 6.29 Å². The standard InChI is InChI=1S/C13H18O2/c1-4-10-14-11(3)15-13-8-6-12(5-2)7-9-13/h5-9,11H,2,4,10H2,1,3H3. The molecule has 15 heavy (non-hydrogen) atoms. The summed E-state index contributed by atoms with van der Waals surface area (Å²) in [5, 5.41) is 0. The number of rotatable bonds is 6. The average Bonchev–Trinajstić information content (AvgIpc) is 2.27. The average molecular weight is 206 g/mol. The fourth-order valence-electron chi connectivity index (χ4n) is 1.19. The highest BCUT2D eigenvalue weighted by molar-refractivity contribution is 5.48. The van der Waals surface area contributed by atoms with Gasteiger partial charge in [-0.05, 0) is 31.0 Å². The molecule has 1 unspecified atom stereocenters. The molecule has 1 rings (SSSR count). The summed E-state index contributed by atoms with van der Waals surface area (Å²) in [5.41, 5.74) is 1.09. The molecule has 0 aliphatic carbocycles. The van der Waals surface area contributed by atoms with E-state index in [1.54, 1.807) is 6.08 Å². The third kappa shape index (κ3) is 4.17. The van der Waals surface area contributed by atoms with Crippen LogP contribution in [0.4, 0.5) is 0 Å². The fraction of sp³-hybridized carbons (Fsp3) is 0.385. The zero-order valence-electron chi connectivity index (χ0n) is 9.40. The van der Waals surface area contributed by atoms with Gasteiger partial charge >= 0.3 is 0 Å². The van der Waals surface area contributed by atoms with Crippen LogP contribution in [0.5, 0.6) is 5.75 Å². The van der Waals surface area contributed by atoms with Crippen molar-refractivity contribution in [2.45, 2.75) is 26.6 Å². The van der Waals surface area contributed by atoms with Crippen LogP contribution in [0.25, 0.3) is 6.08 Å². The molecule has 0 aromatic heterocycles. The summed E-state index contributed by atoms with van der Waals surface area (Å²) in [6.45, 7) is 8.40. The maximum atomic E-state index is 5.56. The Hall–Kier alpha value is -1.28. The Morgan fingerprint density at radius 2 is 2.00 bits per heavy atom. The Kier molecular flexibility index (Phi) is 4.91. The molecule has 1 aromatic rings. The van der Waals surface area contributed by atoms with Crippen molar-refractivity contribution >= 4 is 6.08 Å². The van der Waals surface area contributed by atoms with E-state index < -0.39 is 0 Å². The van der Waals surface area contributed by atoms with Crippen molar-refractivity contribution < 1.29 is 9.47 Å². The highest BCUT2D eigenvalue weighted by Gasteiger charge is 2.02. The Balaban J connectivity index is 2.45. The summed E-state index contributed by atoms with van der Waals surface area (Å²) in [6.07, 6.45) is 2.61. The van der Waals surface area contributed by atoms with E-state index >= 15 is 0 Å². The Morgan fingerprint density at radius 1 is 1.33 bits per heavy atom. The van der Waals surface area contributed by atoms with Gasteiger partial charge in [-0.1, -0.05) is 31.7 Å². The fourth-order valence-corrected chi connectivity index (χ4v) is 1.19. The molecule has 0 aliphatic rings. The van der Waals surface area contributed by atoms with Gasteiger partial charge in [0.15, 0.2) is 6.29 Å². The Labute approximate surface area is 91.5 Å². The molecule has 0 N–H and O–H groups in total. The van der Waals surface area contributed by atoms with E-state index in [9.17, 15) is 0 Å². The van der Waals surface area contributed by atoms with Gasteiger partial charge in [-0.25, -0.2) is 0 Å². The molecule has 1 aromatic carbocycles. The van der Waals surface area contributed by atoms with Crippen molar-refractivity contribution in [1.29, 1.82) is 0 Å².